The van der Waals surface area contributed by atoms with Gasteiger partial charge in [0.25, 0.3) is 0 Å². The van der Waals surface area contributed by atoms with Crippen LogP contribution in [-0.4, -0.2) is 65.4 Å². The van der Waals surface area contributed by atoms with Gasteiger partial charge in [-0.15, -0.1) is 0 Å². The number of amides is 1. The van der Waals surface area contributed by atoms with E-state index in [9.17, 15) is 9.59 Å². The highest BCUT2D eigenvalue weighted by Gasteiger charge is 2.27. The van der Waals surface area contributed by atoms with Crippen molar-refractivity contribution in [1.82, 2.24) is 5.32 Å². The Kier molecular flexibility index (Phi) is 8.54. The molecule has 0 aliphatic carbocycles. The first-order valence-corrected chi connectivity index (χ1v) is 9.63. The van der Waals surface area contributed by atoms with E-state index in [2.05, 4.69) is 34.5 Å². The summed E-state index contributed by atoms with van der Waals surface area (Å²) in [5.41, 5.74) is 2.34. The van der Waals surface area contributed by atoms with Crippen LogP contribution < -0.4 is 15.1 Å². The number of anilines is 1. The largest absolute Gasteiger partial charge is 0.466 e. The lowest BCUT2D eigenvalue weighted by Crippen LogP contribution is -3.15. The van der Waals surface area contributed by atoms with Crippen molar-refractivity contribution in [3.8, 4) is 0 Å². The number of hydrogen-bond acceptors (Lipinski definition) is 5. The Bertz CT molecular complexity index is 598. The number of carbonyl (C=O) groups excluding carboxylic acids is 2. The molecule has 0 saturated carbocycles. The Morgan fingerprint density at radius 1 is 1.19 bits per heavy atom. The van der Waals surface area contributed by atoms with E-state index in [4.69, 9.17) is 9.47 Å². The van der Waals surface area contributed by atoms with Gasteiger partial charge >= 0.3 is 5.97 Å². The van der Waals surface area contributed by atoms with E-state index in [1.807, 2.05) is 14.1 Å². The number of morpholine rings is 1. The minimum atomic E-state index is -0.331. The second kappa shape index (κ2) is 10.9. The Morgan fingerprint density at radius 3 is 2.44 bits per heavy atom. The topological polar surface area (TPSA) is 72.3 Å². The van der Waals surface area contributed by atoms with Crippen LogP contribution in [0.3, 0.4) is 0 Å². The van der Waals surface area contributed by atoms with Gasteiger partial charge in [0.1, 0.15) is 19.1 Å². The van der Waals surface area contributed by atoms with E-state index in [0.29, 0.717) is 13.2 Å². The molecule has 7 heteroatoms. The van der Waals surface area contributed by atoms with E-state index in [1.54, 1.807) is 6.92 Å². The molecule has 0 radical (unpaired) electrons. The first kappa shape index (κ1) is 21.2. The number of nitrogens with one attached hydrogen (secondary N) is 2. The first-order chi connectivity index (χ1) is 13.0. The number of ether oxygens (including phenoxy) is 2. The smallest absolute Gasteiger partial charge is 0.306 e. The molecule has 1 heterocycles. The van der Waals surface area contributed by atoms with Gasteiger partial charge in [-0.1, -0.05) is 12.1 Å². The van der Waals surface area contributed by atoms with Gasteiger partial charge in [0.2, 0.25) is 5.91 Å². The van der Waals surface area contributed by atoms with Crippen molar-refractivity contribution in [2.24, 2.45) is 0 Å². The lowest BCUT2D eigenvalue weighted by molar-refractivity contribution is -0.937. The monoisotopic (exact) mass is 378 g/mol. The van der Waals surface area contributed by atoms with E-state index >= 15 is 0 Å². The van der Waals surface area contributed by atoms with Crippen molar-refractivity contribution in [2.75, 3.05) is 58.5 Å². The molecule has 1 aromatic carbocycles. The van der Waals surface area contributed by atoms with Crippen molar-refractivity contribution in [3.63, 3.8) is 0 Å². The predicted octanol–water partition coefficient (Wildman–Crippen LogP) is 0.168. The van der Waals surface area contributed by atoms with Gasteiger partial charge in [-0.3, -0.25) is 9.59 Å². The molecule has 1 fully saturated rings. The van der Waals surface area contributed by atoms with Crippen LogP contribution in [0.15, 0.2) is 24.3 Å². The lowest BCUT2D eigenvalue weighted by Gasteiger charge is -2.32. The highest BCUT2D eigenvalue weighted by Crippen LogP contribution is 2.16. The summed E-state index contributed by atoms with van der Waals surface area (Å²) in [6.45, 7) is 5.94. The molecule has 1 atom stereocenters. The molecule has 2 N–H and O–H groups in total. The lowest BCUT2D eigenvalue weighted by atomic mass is 10.0. The van der Waals surface area contributed by atoms with Crippen LogP contribution in [0.25, 0.3) is 0 Å². The predicted molar refractivity (Wildman–Crippen MR) is 104 cm³/mol. The summed E-state index contributed by atoms with van der Waals surface area (Å²) >= 11 is 0. The summed E-state index contributed by atoms with van der Waals surface area (Å²) < 4.78 is 10.4. The van der Waals surface area contributed by atoms with Gasteiger partial charge < -0.3 is 24.6 Å². The minimum Gasteiger partial charge on any atom is -0.466 e. The fraction of sp³-hybridized carbons (Fsp3) is 0.600. The van der Waals surface area contributed by atoms with Gasteiger partial charge in [0.15, 0.2) is 0 Å². The van der Waals surface area contributed by atoms with E-state index in [1.165, 1.54) is 10.5 Å². The normalized spacial score (nSPS) is 15.8. The summed E-state index contributed by atoms with van der Waals surface area (Å²) in [6.07, 6.45) is 0.274. The number of benzene rings is 1. The summed E-state index contributed by atoms with van der Waals surface area (Å²) in [7, 11) is 4.03. The summed E-state index contributed by atoms with van der Waals surface area (Å²) in [6, 6.07) is 8.63. The van der Waals surface area contributed by atoms with Crippen LogP contribution in [0.4, 0.5) is 5.69 Å². The molecule has 1 saturated heterocycles. The molecular formula is C20H32N3O4+. The molecule has 0 spiro atoms. The van der Waals surface area contributed by atoms with Crippen LogP contribution in [0.1, 0.15) is 31.4 Å². The molecular weight excluding hydrogens is 346 g/mol. The third-order valence-electron chi connectivity index (χ3n) is 4.80. The number of rotatable bonds is 9. The second-order valence-corrected chi connectivity index (χ2v) is 6.92. The molecule has 0 aromatic heterocycles. The molecule has 1 aromatic rings. The SMILES string of the molecule is CCOC(=O)CCC(=O)NC[C@@H](c1ccc(N(C)C)cc1)[NH+]1CCOCC1. The molecule has 0 bridgehead atoms. The van der Waals surface area contributed by atoms with Gasteiger partial charge in [0, 0.05) is 31.8 Å². The molecule has 2 rings (SSSR count). The quantitative estimate of drug-likeness (QED) is 0.600. The molecule has 7 nitrogen and oxygen atoms in total. The Balaban J connectivity index is 1.98. The summed E-state index contributed by atoms with van der Waals surface area (Å²) in [5, 5.41) is 2.99. The number of esters is 1. The van der Waals surface area contributed by atoms with Crippen molar-refractivity contribution >= 4 is 17.6 Å². The zero-order chi connectivity index (χ0) is 19.6. The van der Waals surface area contributed by atoms with Gasteiger partial charge in [-0.2, -0.15) is 0 Å². The zero-order valence-electron chi connectivity index (χ0n) is 16.6. The molecule has 27 heavy (non-hydrogen) atoms. The Labute approximate surface area is 161 Å². The third kappa shape index (κ3) is 6.84. The maximum Gasteiger partial charge on any atom is 0.306 e. The van der Waals surface area contributed by atoms with Crippen molar-refractivity contribution in [1.29, 1.82) is 0 Å². The van der Waals surface area contributed by atoms with Crippen LogP contribution >= 0.6 is 0 Å². The van der Waals surface area contributed by atoms with E-state index in [0.717, 1.165) is 32.0 Å². The first-order valence-electron chi connectivity index (χ1n) is 9.63. The number of nitrogens with zero attached hydrogens (tertiary/aromatic N) is 1. The average molecular weight is 378 g/mol. The van der Waals surface area contributed by atoms with Crippen LogP contribution in [-0.2, 0) is 19.1 Å². The summed E-state index contributed by atoms with van der Waals surface area (Å²) in [4.78, 5) is 27.0. The van der Waals surface area contributed by atoms with Crippen molar-refractivity contribution < 1.29 is 24.0 Å². The van der Waals surface area contributed by atoms with Crippen molar-refractivity contribution in [2.45, 2.75) is 25.8 Å². The van der Waals surface area contributed by atoms with E-state index < -0.39 is 0 Å². The van der Waals surface area contributed by atoms with Gasteiger partial charge in [-0.25, -0.2) is 0 Å². The fourth-order valence-corrected chi connectivity index (χ4v) is 3.24. The molecule has 0 unspecified atom stereocenters. The maximum atomic E-state index is 12.2. The van der Waals surface area contributed by atoms with Crippen molar-refractivity contribution in [3.05, 3.63) is 29.8 Å². The van der Waals surface area contributed by atoms with Gasteiger partial charge in [0.05, 0.1) is 32.8 Å². The fourth-order valence-electron chi connectivity index (χ4n) is 3.24. The number of hydrogen-bond donors (Lipinski definition) is 2. The highest BCUT2D eigenvalue weighted by atomic mass is 16.5. The van der Waals surface area contributed by atoms with E-state index in [-0.39, 0.29) is 30.8 Å². The number of carbonyl (C=O) groups is 2. The third-order valence-corrected chi connectivity index (χ3v) is 4.80. The minimum absolute atomic E-state index is 0.117. The Morgan fingerprint density at radius 2 is 1.85 bits per heavy atom. The standard InChI is InChI=1S/C20H31N3O4/c1-4-27-20(25)10-9-19(24)21-15-18(23-11-13-26-14-12-23)16-5-7-17(8-6-16)22(2)3/h5-8,18H,4,9-15H2,1-3H3,(H,21,24)/p+1/t18-/m0/s1. The second-order valence-electron chi connectivity index (χ2n) is 6.92. The average Bonchev–Trinajstić information content (AvgIpc) is 2.68. The molecule has 1 amide bonds. The maximum absolute atomic E-state index is 12.2. The Hall–Kier alpha value is -2.12. The number of quaternary nitrogens is 1. The molecule has 1 aliphatic heterocycles. The van der Waals surface area contributed by atoms with Crippen LogP contribution in [0.2, 0.25) is 0 Å². The van der Waals surface area contributed by atoms with Gasteiger partial charge in [-0.05, 0) is 19.1 Å². The highest BCUT2D eigenvalue weighted by molar-refractivity contribution is 5.81. The zero-order valence-corrected chi connectivity index (χ0v) is 16.6. The van der Waals surface area contributed by atoms with Crippen LogP contribution in [0, 0.1) is 0 Å². The molecule has 1 aliphatic rings. The molecule has 150 valence electrons. The summed E-state index contributed by atoms with van der Waals surface area (Å²) in [5.74, 6) is -0.451. The van der Waals surface area contributed by atoms with Crippen LogP contribution in [0.5, 0.6) is 0 Å².